The molecule has 4 aromatic carbocycles. The Morgan fingerprint density at radius 2 is 1.11 bits per heavy atom. The van der Waals surface area contributed by atoms with Gasteiger partial charge >= 0.3 is 0 Å². The molecule has 0 fully saturated rings. The average molecular weight is 639 g/mol. The van der Waals surface area contributed by atoms with Crippen molar-refractivity contribution in [2.24, 2.45) is 4.99 Å². The van der Waals surface area contributed by atoms with Gasteiger partial charge < -0.3 is 0 Å². The van der Waals surface area contributed by atoms with Gasteiger partial charge in [0.05, 0.1) is 20.4 Å². The SMILES string of the molecule is O=C1C(=Cc2ccccc2)N=C(c2ccccc2)N1Nc1nc(Nc2nc3ccccc3s2)nc(Nc2nc3ccccc3s2)n1. The molecule has 0 radical (unpaired) electrons. The molecule has 1 aliphatic rings. The summed E-state index contributed by atoms with van der Waals surface area (Å²) in [7, 11) is 0. The zero-order valence-electron chi connectivity index (χ0n) is 23.8. The van der Waals surface area contributed by atoms with Crippen LogP contribution < -0.4 is 16.1 Å². The molecule has 1 amide bonds. The number of amides is 1. The number of aliphatic imine (C=N–C) groups is 1. The minimum absolute atomic E-state index is 0.111. The van der Waals surface area contributed by atoms with Crippen molar-refractivity contribution < 1.29 is 4.79 Å². The monoisotopic (exact) mass is 638 g/mol. The van der Waals surface area contributed by atoms with Crippen LogP contribution >= 0.6 is 22.7 Å². The molecule has 4 heterocycles. The number of rotatable bonds is 8. The van der Waals surface area contributed by atoms with Crippen LogP contribution in [0.1, 0.15) is 11.1 Å². The second kappa shape index (κ2) is 11.8. The summed E-state index contributed by atoms with van der Waals surface area (Å²) in [6.07, 6.45) is 1.75. The van der Waals surface area contributed by atoms with E-state index < -0.39 is 0 Å². The number of aromatic nitrogens is 5. The lowest BCUT2D eigenvalue weighted by atomic mass is 10.2. The van der Waals surface area contributed by atoms with E-state index in [2.05, 4.69) is 41.0 Å². The summed E-state index contributed by atoms with van der Waals surface area (Å²) in [6, 6.07) is 34.8. The number of hydrogen-bond acceptors (Lipinski definition) is 12. The van der Waals surface area contributed by atoms with E-state index in [9.17, 15) is 4.79 Å². The third-order valence-electron chi connectivity index (χ3n) is 6.87. The van der Waals surface area contributed by atoms with Gasteiger partial charge in [0, 0.05) is 5.56 Å². The summed E-state index contributed by atoms with van der Waals surface area (Å²) in [5.74, 6) is 0.620. The van der Waals surface area contributed by atoms with Crippen LogP contribution in [-0.2, 0) is 4.79 Å². The van der Waals surface area contributed by atoms with Crippen molar-refractivity contribution in [3.05, 3.63) is 126 Å². The van der Waals surface area contributed by atoms with Crippen LogP contribution in [0.25, 0.3) is 26.5 Å². The standard InChI is InChI=1S/C33H22N10OS2/c44-28-24(19-20-11-3-1-4-12-20)34-27(21-13-5-2-6-14-21)43(28)42-31-38-29(40-32-35-22-15-7-9-17-25(22)45-32)37-30(39-31)41-33-36-23-16-8-10-18-26(23)46-33/h1-19H,(H3,35,36,37,38,39,40,41,42). The number of nitrogens with one attached hydrogen (secondary N) is 3. The number of thiazole rings is 2. The lowest BCUT2D eigenvalue weighted by molar-refractivity contribution is -0.121. The molecule has 13 heteroatoms. The van der Waals surface area contributed by atoms with Gasteiger partial charge in [-0.1, -0.05) is 108 Å². The van der Waals surface area contributed by atoms with Crippen molar-refractivity contribution in [1.29, 1.82) is 0 Å². The van der Waals surface area contributed by atoms with E-state index in [1.165, 1.54) is 27.7 Å². The third-order valence-corrected chi connectivity index (χ3v) is 8.77. The first-order chi connectivity index (χ1) is 22.6. The first kappa shape index (κ1) is 27.5. The molecule has 0 aliphatic carbocycles. The minimum atomic E-state index is -0.357. The molecule has 8 rings (SSSR count). The van der Waals surface area contributed by atoms with Crippen molar-refractivity contribution in [2.45, 2.75) is 0 Å². The molecule has 3 aromatic heterocycles. The number of carbonyl (C=O) groups excluding carboxylic acids is 1. The number of fused-ring (bicyclic) bond motifs is 2. The maximum atomic E-state index is 13.8. The third kappa shape index (κ3) is 5.63. The minimum Gasteiger partial charge on any atom is -0.300 e. The fourth-order valence-corrected chi connectivity index (χ4v) is 6.51. The van der Waals surface area contributed by atoms with E-state index in [4.69, 9.17) is 4.99 Å². The summed E-state index contributed by atoms with van der Waals surface area (Å²) in [6.45, 7) is 0. The normalized spacial score (nSPS) is 13.8. The van der Waals surface area contributed by atoms with E-state index in [-0.39, 0.29) is 29.4 Å². The molecule has 222 valence electrons. The largest absolute Gasteiger partial charge is 0.300 e. The zero-order chi connectivity index (χ0) is 30.9. The Balaban J connectivity index is 1.17. The highest BCUT2D eigenvalue weighted by Gasteiger charge is 2.32. The first-order valence-corrected chi connectivity index (χ1v) is 15.8. The molecule has 11 nitrogen and oxygen atoms in total. The van der Waals surface area contributed by atoms with Crippen molar-refractivity contribution >= 4 is 89.0 Å². The van der Waals surface area contributed by atoms with E-state index in [1.807, 2.05) is 109 Å². The number of amidine groups is 1. The highest BCUT2D eigenvalue weighted by molar-refractivity contribution is 7.22. The van der Waals surface area contributed by atoms with Gasteiger partial charge in [-0.25, -0.2) is 15.0 Å². The Morgan fingerprint density at radius 1 is 0.587 bits per heavy atom. The van der Waals surface area contributed by atoms with Crippen LogP contribution in [0.4, 0.5) is 28.1 Å². The Hall–Kier alpha value is -6.05. The number of para-hydroxylation sites is 2. The summed E-state index contributed by atoms with van der Waals surface area (Å²) in [4.78, 5) is 41.7. The Bertz CT molecular complexity index is 2120. The van der Waals surface area contributed by atoms with Crippen LogP contribution in [0.2, 0.25) is 0 Å². The van der Waals surface area contributed by atoms with Gasteiger partial charge in [-0.2, -0.15) is 20.0 Å². The number of hydrazine groups is 1. The summed E-state index contributed by atoms with van der Waals surface area (Å²) < 4.78 is 2.05. The number of nitrogens with zero attached hydrogens (tertiary/aromatic N) is 7. The van der Waals surface area contributed by atoms with Crippen molar-refractivity contribution in [3.8, 4) is 0 Å². The Kier molecular flexibility index (Phi) is 7.05. The first-order valence-electron chi connectivity index (χ1n) is 14.2. The van der Waals surface area contributed by atoms with E-state index in [1.54, 1.807) is 6.08 Å². The average Bonchev–Trinajstić information content (AvgIpc) is 3.77. The predicted molar refractivity (Wildman–Crippen MR) is 183 cm³/mol. The molecule has 0 saturated heterocycles. The van der Waals surface area contributed by atoms with E-state index >= 15 is 0 Å². The van der Waals surface area contributed by atoms with Gasteiger partial charge in [-0.3, -0.25) is 20.9 Å². The lowest BCUT2D eigenvalue weighted by Crippen LogP contribution is -2.38. The molecule has 0 unspecified atom stereocenters. The van der Waals surface area contributed by atoms with E-state index in [0.29, 0.717) is 16.1 Å². The molecule has 46 heavy (non-hydrogen) atoms. The second-order valence-corrected chi connectivity index (χ2v) is 12.1. The van der Waals surface area contributed by atoms with Gasteiger partial charge in [0.2, 0.25) is 17.8 Å². The smallest absolute Gasteiger partial charge is 0.297 e. The van der Waals surface area contributed by atoms with Crippen LogP contribution in [0.15, 0.2) is 120 Å². The van der Waals surface area contributed by atoms with Gasteiger partial charge in [0.15, 0.2) is 16.1 Å². The fraction of sp³-hybridized carbons (Fsp3) is 0. The quantitative estimate of drug-likeness (QED) is 0.147. The zero-order valence-corrected chi connectivity index (χ0v) is 25.5. The van der Waals surface area contributed by atoms with Gasteiger partial charge in [0.1, 0.15) is 5.70 Å². The number of anilines is 5. The summed E-state index contributed by atoms with van der Waals surface area (Å²) in [5.41, 5.74) is 6.69. The van der Waals surface area contributed by atoms with Crippen molar-refractivity contribution in [3.63, 3.8) is 0 Å². The highest BCUT2D eigenvalue weighted by Crippen LogP contribution is 2.30. The molecule has 0 atom stereocenters. The lowest BCUT2D eigenvalue weighted by Gasteiger charge is -2.19. The molecular weight excluding hydrogens is 617 g/mol. The molecule has 0 saturated carbocycles. The number of hydrogen-bond donors (Lipinski definition) is 3. The second-order valence-electron chi connectivity index (χ2n) is 10.0. The van der Waals surface area contributed by atoms with Crippen LogP contribution in [0.3, 0.4) is 0 Å². The Labute approximate surface area is 270 Å². The molecule has 0 spiro atoms. The highest BCUT2D eigenvalue weighted by atomic mass is 32.1. The van der Waals surface area contributed by atoms with Gasteiger partial charge in [-0.05, 0) is 35.9 Å². The Morgan fingerprint density at radius 3 is 1.70 bits per heavy atom. The predicted octanol–water partition coefficient (Wildman–Crippen LogP) is 7.24. The summed E-state index contributed by atoms with van der Waals surface area (Å²) >= 11 is 2.96. The van der Waals surface area contributed by atoms with E-state index in [0.717, 1.165) is 31.6 Å². The number of benzene rings is 4. The maximum absolute atomic E-state index is 13.8. The van der Waals surface area contributed by atoms with Gasteiger partial charge in [0.25, 0.3) is 5.91 Å². The van der Waals surface area contributed by atoms with Crippen LogP contribution in [0.5, 0.6) is 0 Å². The fourth-order valence-electron chi connectivity index (χ4n) is 4.79. The van der Waals surface area contributed by atoms with Crippen LogP contribution in [-0.4, -0.2) is 41.7 Å². The van der Waals surface area contributed by atoms with Gasteiger partial charge in [-0.15, -0.1) is 0 Å². The maximum Gasteiger partial charge on any atom is 0.297 e. The van der Waals surface area contributed by atoms with Crippen molar-refractivity contribution in [2.75, 3.05) is 16.1 Å². The molecular formula is C33H22N10OS2. The van der Waals surface area contributed by atoms with Crippen molar-refractivity contribution in [1.82, 2.24) is 29.9 Å². The molecule has 3 N–H and O–H groups in total. The molecule has 0 bridgehead atoms. The molecule has 7 aromatic rings. The summed E-state index contributed by atoms with van der Waals surface area (Å²) in [5, 5.41) is 8.99. The van der Waals surface area contributed by atoms with Crippen LogP contribution in [0, 0.1) is 0 Å². The topological polar surface area (TPSA) is 133 Å². The molecule has 1 aliphatic heterocycles. The number of carbonyl (C=O) groups is 1.